The maximum Gasteiger partial charge on any atom is 0.268 e. The van der Waals surface area contributed by atoms with Gasteiger partial charge in [-0.1, -0.05) is 53.3 Å². The van der Waals surface area contributed by atoms with Crippen LogP contribution in [0, 0.1) is 6.92 Å². The van der Waals surface area contributed by atoms with E-state index in [9.17, 15) is 4.79 Å². The Morgan fingerprint density at radius 2 is 1.96 bits per heavy atom. The first-order valence-corrected chi connectivity index (χ1v) is 8.13. The van der Waals surface area contributed by atoms with Gasteiger partial charge in [-0.2, -0.15) is 0 Å². The first kappa shape index (κ1) is 15.5. The highest BCUT2D eigenvalue weighted by Gasteiger charge is 2.19. The van der Waals surface area contributed by atoms with Crippen molar-refractivity contribution in [2.75, 3.05) is 11.1 Å². The van der Waals surface area contributed by atoms with Crippen LogP contribution in [-0.4, -0.2) is 10.9 Å². The molecule has 1 aromatic heterocycles. The lowest BCUT2D eigenvalue weighted by Crippen LogP contribution is -2.12. The van der Waals surface area contributed by atoms with Gasteiger partial charge in [-0.15, -0.1) is 0 Å². The minimum atomic E-state index is -0.233. The quantitative estimate of drug-likeness (QED) is 0.729. The summed E-state index contributed by atoms with van der Waals surface area (Å²) in [4.78, 5) is 17.4. The van der Waals surface area contributed by atoms with E-state index >= 15 is 0 Å². The molecule has 0 fully saturated rings. The summed E-state index contributed by atoms with van der Waals surface area (Å²) in [6.07, 6.45) is 0. The Kier molecular flexibility index (Phi) is 4.32. The van der Waals surface area contributed by atoms with E-state index in [1.54, 1.807) is 18.2 Å². The van der Waals surface area contributed by atoms with Crippen molar-refractivity contribution in [3.05, 3.63) is 64.0 Å². The Morgan fingerprint density at radius 3 is 2.65 bits per heavy atom. The molecule has 0 aliphatic heterocycles. The number of hydrogen-bond donors (Lipinski definition) is 2. The number of halogens is 1. The van der Waals surface area contributed by atoms with Crippen molar-refractivity contribution in [1.82, 2.24) is 4.98 Å². The van der Waals surface area contributed by atoms with Gasteiger partial charge in [-0.05, 0) is 30.7 Å². The summed E-state index contributed by atoms with van der Waals surface area (Å²) >= 11 is 7.12. The summed E-state index contributed by atoms with van der Waals surface area (Å²) in [5.41, 5.74) is 8.87. The number of carbonyl (C=O) groups excluding carboxylic acids is 1. The Labute approximate surface area is 142 Å². The number of anilines is 2. The molecule has 0 radical (unpaired) electrons. The number of amides is 1. The average Bonchev–Trinajstić information content (AvgIpc) is 2.93. The number of carbonyl (C=O) groups is 1. The van der Waals surface area contributed by atoms with E-state index in [4.69, 9.17) is 17.3 Å². The van der Waals surface area contributed by atoms with Crippen LogP contribution in [0.15, 0.2) is 48.5 Å². The van der Waals surface area contributed by atoms with Crippen LogP contribution in [0.1, 0.15) is 15.2 Å². The molecule has 3 rings (SSSR count). The van der Waals surface area contributed by atoms with Crippen molar-refractivity contribution in [3.8, 4) is 11.3 Å². The van der Waals surface area contributed by atoms with Gasteiger partial charge in [-0.3, -0.25) is 4.79 Å². The molecule has 0 saturated carbocycles. The summed E-state index contributed by atoms with van der Waals surface area (Å²) in [6.45, 7) is 1.89. The highest BCUT2D eigenvalue weighted by molar-refractivity contribution is 7.17. The maximum absolute atomic E-state index is 12.6. The van der Waals surface area contributed by atoms with Gasteiger partial charge in [0.1, 0.15) is 4.88 Å². The van der Waals surface area contributed by atoms with E-state index in [0.717, 1.165) is 11.1 Å². The molecule has 0 spiro atoms. The molecule has 1 amide bonds. The molecule has 1 heterocycles. The number of rotatable bonds is 3. The largest absolute Gasteiger partial charge is 0.375 e. The van der Waals surface area contributed by atoms with Gasteiger partial charge < -0.3 is 11.1 Å². The van der Waals surface area contributed by atoms with Crippen LogP contribution in [0.4, 0.5) is 10.8 Å². The number of nitrogen functional groups attached to an aromatic ring is 1. The van der Waals surface area contributed by atoms with Crippen molar-refractivity contribution in [1.29, 1.82) is 0 Å². The molecule has 2 aromatic carbocycles. The summed E-state index contributed by atoms with van der Waals surface area (Å²) in [5, 5.41) is 3.89. The van der Waals surface area contributed by atoms with Crippen molar-refractivity contribution in [3.63, 3.8) is 0 Å². The van der Waals surface area contributed by atoms with Crippen molar-refractivity contribution in [2.45, 2.75) is 6.92 Å². The van der Waals surface area contributed by atoms with Crippen LogP contribution in [0.25, 0.3) is 11.3 Å². The minimum Gasteiger partial charge on any atom is -0.375 e. The molecule has 116 valence electrons. The van der Waals surface area contributed by atoms with Gasteiger partial charge in [-0.25, -0.2) is 4.98 Å². The van der Waals surface area contributed by atoms with E-state index in [-0.39, 0.29) is 5.91 Å². The fourth-order valence-corrected chi connectivity index (χ4v) is 3.21. The second kappa shape index (κ2) is 6.40. The number of aromatic nitrogens is 1. The highest BCUT2D eigenvalue weighted by Crippen LogP contribution is 2.30. The molecule has 0 aliphatic rings. The maximum atomic E-state index is 12.6. The van der Waals surface area contributed by atoms with E-state index in [1.165, 1.54) is 11.3 Å². The van der Waals surface area contributed by atoms with E-state index < -0.39 is 0 Å². The van der Waals surface area contributed by atoms with Crippen LogP contribution in [0.5, 0.6) is 0 Å². The first-order valence-electron chi connectivity index (χ1n) is 6.94. The van der Waals surface area contributed by atoms with Crippen LogP contribution < -0.4 is 11.1 Å². The average molecular weight is 344 g/mol. The number of nitrogens with zero attached hydrogens (tertiary/aromatic N) is 1. The number of hydrogen-bond acceptors (Lipinski definition) is 4. The molecule has 0 aliphatic carbocycles. The molecular weight excluding hydrogens is 330 g/mol. The number of benzene rings is 2. The smallest absolute Gasteiger partial charge is 0.268 e. The molecule has 4 nitrogen and oxygen atoms in total. The first-order chi connectivity index (χ1) is 11.0. The second-order valence-electron chi connectivity index (χ2n) is 5.01. The molecule has 0 unspecified atom stereocenters. The Morgan fingerprint density at radius 1 is 1.22 bits per heavy atom. The zero-order chi connectivity index (χ0) is 16.4. The second-order valence-corrected chi connectivity index (χ2v) is 6.48. The lowest BCUT2D eigenvalue weighted by atomic mass is 10.1. The molecule has 0 bridgehead atoms. The Balaban J connectivity index is 1.94. The summed E-state index contributed by atoms with van der Waals surface area (Å²) < 4.78 is 0. The van der Waals surface area contributed by atoms with Gasteiger partial charge in [0.15, 0.2) is 5.13 Å². The van der Waals surface area contributed by atoms with Gasteiger partial charge in [0.05, 0.1) is 5.69 Å². The number of thiazole rings is 1. The van der Waals surface area contributed by atoms with Gasteiger partial charge in [0.25, 0.3) is 5.91 Å². The third-order valence-corrected chi connectivity index (χ3v) is 4.45. The van der Waals surface area contributed by atoms with Gasteiger partial charge >= 0.3 is 0 Å². The van der Waals surface area contributed by atoms with Gasteiger partial charge in [0.2, 0.25) is 0 Å². The van der Waals surface area contributed by atoms with Gasteiger partial charge in [0, 0.05) is 16.3 Å². The SMILES string of the molecule is Cc1cc(Cl)ccc1NC(=O)c1sc(N)nc1-c1ccccc1. The molecule has 6 heteroatoms. The molecule has 23 heavy (non-hydrogen) atoms. The van der Waals surface area contributed by atoms with Crippen molar-refractivity contribution in [2.24, 2.45) is 0 Å². The van der Waals surface area contributed by atoms with E-state index in [2.05, 4.69) is 10.3 Å². The standard InChI is InChI=1S/C17H14ClN3OS/c1-10-9-12(18)7-8-13(10)20-16(22)15-14(21-17(19)23-15)11-5-3-2-4-6-11/h2-9H,1H3,(H2,19,21)(H,20,22). The lowest BCUT2D eigenvalue weighted by molar-refractivity contribution is 0.103. The zero-order valence-electron chi connectivity index (χ0n) is 12.3. The highest BCUT2D eigenvalue weighted by atomic mass is 35.5. The lowest BCUT2D eigenvalue weighted by Gasteiger charge is -2.08. The minimum absolute atomic E-state index is 0.233. The topological polar surface area (TPSA) is 68.0 Å². The van der Waals surface area contributed by atoms with E-state index in [0.29, 0.717) is 26.4 Å². The molecule has 0 saturated heterocycles. The Hall–Kier alpha value is -2.37. The third kappa shape index (κ3) is 3.36. The summed E-state index contributed by atoms with van der Waals surface area (Å²) in [6, 6.07) is 14.8. The van der Waals surface area contributed by atoms with Crippen LogP contribution in [0.3, 0.4) is 0 Å². The van der Waals surface area contributed by atoms with Crippen molar-refractivity contribution >= 4 is 39.7 Å². The van der Waals surface area contributed by atoms with Crippen LogP contribution in [0.2, 0.25) is 5.02 Å². The molecule has 3 N–H and O–H groups in total. The number of nitrogens with one attached hydrogen (secondary N) is 1. The number of nitrogens with two attached hydrogens (primary N) is 1. The molecular formula is C17H14ClN3OS. The van der Waals surface area contributed by atoms with Crippen molar-refractivity contribution < 1.29 is 4.79 Å². The van der Waals surface area contributed by atoms with E-state index in [1.807, 2.05) is 37.3 Å². The monoisotopic (exact) mass is 343 g/mol. The normalized spacial score (nSPS) is 10.5. The predicted molar refractivity (Wildman–Crippen MR) is 96.1 cm³/mol. The fourth-order valence-electron chi connectivity index (χ4n) is 2.23. The predicted octanol–water partition coefficient (Wildman–Crippen LogP) is 4.61. The van der Waals surface area contributed by atoms with Crippen LogP contribution >= 0.6 is 22.9 Å². The zero-order valence-corrected chi connectivity index (χ0v) is 13.9. The third-order valence-electron chi connectivity index (χ3n) is 3.33. The summed E-state index contributed by atoms with van der Waals surface area (Å²) in [5.74, 6) is -0.233. The fraction of sp³-hybridized carbons (Fsp3) is 0.0588. The Bertz CT molecular complexity index is 862. The number of aryl methyl sites for hydroxylation is 1. The molecule has 0 atom stereocenters. The molecule has 3 aromatic rings. The van der Waals surface area contributed by atoms with Crippen LogP contribution in [-0.2, 0) is 0 Å². The summed E-state index contributed by atoms with van der Waals surface area (Å²) in [7, 11) is 0.